The summed E-state index contributed by atoms with van der Waals surface area (Å²) in [5, 5.41) is 7.83. The molecule has 0 saturated heterocycles. The zero-order valence-electron chi connectivity index (χ0n) is 11.5. The molecule has 0 spiro atoms. The van der Waals surface area contributed by atoms with E-state index in [1.807, 2.05) is 29.3 Å². The monoisotopic (exact) mass is 263 g/mol. The number of nitrogens with zero attached hydrogens (tertiary/aromatic N) is 2. The van der Waals surface area contributed by atoms with Crippen LogP contribution in [0.2, 0.25) is 0 Å². The van der Waals surface area contributed by atoms with Gasteiger partial charge in [-0.05, 0) is 32.4 Å². The Morgan fingerprint density at radius 3 is 2.78 bits per heavy atom. The summed E-state index contributed by atoms with van der Waals surface area (Å²) in [6.07, 6.45) is 3.07. The van der Waals surface area contributed by atoms with Crippen LogP contribution >= 0.6 is 11.3 Å². The van der Waals surface area contributed by atoms with E-state index in [9.17, 15) is 0 Å². The van der Waals surface area contributed by atoms with Gasteiger partial charge in [0.2, 0.25) is 0 Å². The molecule has 0 amide bonds. The van der Waals surface area contributed by atoms with E-state index in [0.29, 0.717) is 6.04 Å². The van der Waals surface area contributed by atoms with Gasteiger partial charge in [0.05, 0.1) is 6.20 Å². The minimum atomic E-state index is 0.398. The van der Waals surface area contributed by atoms with Crippen LogP contribution in [-0.2, 0) is 20.0 Å². The number of hydrogen-bond acceptors (Lipinski definition) is 3. The normalized spacial score (nSPS) is 12.9. The standard InChI is InChI=1S/C14H21N3S/c1-5-13-6-7-14(18-13)10(2)15-8-12-9-16-17(4)11(12)3/h6-7,9-10,15H,5,8H2,1-4H3. The zero-order valence-corrected chi connectivity index (χ0v) is 12.3. The second-order valence-corrected chi connectivity index (χ2v) is 5.84. The number of hydrogen-bond donors (Lipinski definition) is 1. The molecule has 1 unspecified atom stereocenters. The van der Waals surface area contributed by atoms with E-state index in [1.165, 1.54) is 21.0 Å². The van der Waals surface area contributed by atoms with Crippen LogP contribution in [0.5, 0.6) is 0 Å². The lowest BCUT2D eigenvalue weighted by Crippen LogP contribution is -2.17. The molecule has 1 atom stereocenters. The number of nitrogens with one attached hydrogen (secondary N) is 1. The molecule has 2 aromatic heterocycles. The molecule has 0 radical (unpaired) electrons. The average molecular weight is 263 g/mol. The summed E-state index contributed by atoms with van der Waals surface area (Å²) in [5.41, 5.74) is 2.51. The molecule has 0 aliphatic heterocycles. The molecule has 0 bridgehead atoms. The van der Waals surface area contributed by atoms with Crippen LogP contribution in [0.1, 0.15) is 40.9 Å². The first-order valence-electron chi connectivity index (χ1n) is 6.41. The Bertz CT molecular complexity index is 513. The second kappa shape index (κ2) is 5.67. The highest BCUT2D eigenvalue weighted by Gasteiger charge is 2.09. The molecule has 2 heterocycles. The van der Waals surface area contributed by atoms with Crippen LogP contribution in [0.4, 0.5) is 0 Å². The summed E-state index contributed by atoms with van der Waals surface area (Å²) in [4.78, 5) is 2.87. The van der Waals surface area contributed by atoms with Gasteiger partial charge in [0, 0.05) is 40.6 Å². The second-order valence-electron chi connectivity index (χ2n) is 4.64. The number of aryl methyl sites for hydroxylation is 2. The van der Waals surface area contributed by atoms with Gasteiger partial charge in [-0.25, -0.2) is 0 Å². The average Bonchev–Trinajstić information content (AvgIpc) is 2.96. The van der Waals surface area contributed by atoms with Gasteiger partial charge in [-0.15, -0.1) is 11.3 Å². The third kappa shape index (κ3) is 2.82. The van der Waals surface area contributed by atoms with E-state index in [4.69, 9.17) is 0 Å². The Balaban J connectivity index is 1.95. The molecule has 0 saturated carbocycles. The summed E-state index contributed by atoms with van der Waals surface area (Å²) >= 11 is 1.90. The van der Waals surface area contributed by atoms with E-state index < -0.39 is 0 Å². The molecule has 4 heteroatoms. The maximum absolute atomic E-state index is 4.26. The molecule has 2 rings (SSSR count). The van der Waals surface area contributed by atoms with Crippen LogP contribution in [-0.4, -0.2) is 9.78 Å². The minimum absolute atomic E-state index is 0.398. The van der Waals surface area contributed by atoms with Gasteiger partial charge in [0.1, 0.15) is 0 Å². The summed E-state index contributed by atoms with van der Waals surface area (Å²) in [6.45, 7) is 7.40. The predicted octanol–water partition coefficient (Wildman–Crippen LogP) is 3.20. The first kappa shape index (κ1) is 13.3. The van der Waals surface area contributed by atoms with Crippen LogP contribution < -0.4 is 5.32 Å². The molecule has 3 nitrogen and oxygen atoms in total. The summed E-state index contributed by atoms with van der Waals surface area (Å²) in [6, 6.07) is 4.86. The number of rotatable bonds is 5. The maximum Gasteiger partial charge on any atom is 0.0537 e. The molecule has 0 aliphatic carbocycles. The zero-order chi connectivity index (χ0) is 13.1. The van der Waals surface area contributed by atoms with Crippen molar-refractivity contribution >= 4 is 11.3 Å². The van der Waals surface area contributed by atoms with Gasteiger partial charge < -0.3 is 5.32 Å². The Morgan fingerprint density at radius 1 is 1.44 bits per heavy atom. The lowest BCUT2D eigenvalue weighted by molar-refractivity contribution is 0.580. The van der Waals surface area contributed by atoms with Crippen molar-refractivity contribution in [1.29, 1.82) is 0 Å². The maximum atomic E-state index is 4.26. The smallest absolute Gasteiger partial charge is 0.0537 e. The molecular weight excluding hydrogens is 242 g/mol. The van der Waals surface area contributed by atoms with E-state index in [0.717, 1.165) is 13.0 Å². The molecule has 18 heavy (non-hydrogen) atoms. The summed E-state index contributed by atoms with van der Waals surface area (Å²) < 4.78 is 1.92. The highest BCUT2D eigenvalue weighted by molar-refractivity contribution is 7.12. The Morgan fingerprint density at radius 2 is 2.22 bits per heavy atom. The van der Waals surface area contributed by atoms with Gasteiger partial charge >= 0.3 is 0 Å². The fraction of sp³-hybridized carbons (Fsp3) is 0.500. The van der Waals surface area contributed by atoms with Crippen molar-refractivity contribution in [3.63, 3.8) is 0 Å². The highest BCUT2D eigenvalue weighted by atomic mass is 32.1. The van der Waals surface area contributed by atoms with E-state index >= 15 is 0 Å². The van der Waals surface area contributed by atoms with Crippen LogP contribution in [0.25, 0.3) is 0 Å². The molecule has 0 aromatic carbocycles. The van der Waals surface area contributed by atoms with Gasteiger partial charge in [-0.3, -0.25) is 4.68 Å². The lowest BCUT2D eigenvalue weighted by Gasteiger charge is -2.11. The van der Waals surface area contributed by atoms with Crippen LogP contribution in [0.3, 0.4) is 0 Å². The third-order valence-corrected chi connectivity index (χ3v) is 4.81. The molecule has 1 N–H and O–H groups in total. The highest BCUT2D eigenvalue weighted by Crippen LogP contribution is 2.23. The number of aromatic nitrogens is 2. The quantitative estimate of drug-likeness (QED) is 0.897. The fourth-order valence-corrected chi connectivity index (χ4v) is 2.88. The van der Waals surface area contributed by atoms with Crippen molar-refractivity contribution in [2.75, 3.05) is 0 Å². The van der Waals surface area contributed by atoms with E-state index in [-0.39, 0.29) is 0 Å². The molecule has 2 aromatic rings. The molecule has 98 valence electrons. The van der Waals surface area contributed by atoms with Crippen molar-refractivity contribution < 1.29 is 0 Å². The first-order chi connectivity index (χ1) is 8.61. The van der Waals surface area contributed by atoms with E-state index in [2.05, 4.69) is 43.3 Å². The Hall–Kier alpha value is -1.13. The third-order valence-electron chi connectivity index (χ3n) is 3.39. The predicted molar refractivity (Wildman–Crippen MR) is 76.9 cm³/mol. The van der Waals surface area contributed by atoms with Crippen molar-refractivity contribution in [2.24, 2.45) is 7.05 Å². The summed E-state index contributed by atoms with van der Waals surface area (Å²) in [7, 11) is 1.98. The van der Waals surface area contributed by atoms with E-state index in [1.54, 1.807) is 0 Å². The van der Waals surface area contributed by atoms with Gasteiger partial charge in [-0.2, -0.15) is 5.10 Å². The summed E-state index contributed by atoms with van der Waals surface area (Å²) in [5.74, 6) is 0. The number of thiophene rings is 1. The topological polar surface area (TPSA) is 29.9 Å². The van der Waals surface area contributed by atoms with Gasteiger partial charge in [0.25, 0.3) is 0 Å². The first-order valence-corrected chi connectivity index (χ1v) is 7.23. The van der Waals surface area contributed by atoms with Crippen molar-refractivity contribution in [3.05, 3.63) is 39.3 Å². The minimum Gasteiger partial charge on any atom is -0.305 e. The SMILES string of the molecule is CCc1ccc(C(C)NCc2cnn(C)c2C)s1. The van der Waals surface area contributed by atoms with Gasteiger partial charge in [0.15, 0.2) is 0 Å². The molecule has 0 aliphatic rings. The van der Waals surface area contributed by atoms with Gasteiger partial charge in [-0.1, -0.05) is 6.92 Å². The van der Waals surface area contributed by atoms with Crippen molar-refractivity contribution in [3.8, 4) is 0 Å². The fourth-order valence-electron chi connectivity index (χ4n) is 1.90. The van der Waals surface area contributed by atoms with Crippen molar-refractivity contribution in [1.82, 2.24) is 15.1 Å². The van der Waals surface area contributed by atoms with Crippen LogP contribution in [0.15, 0.2) is 18.3 Å². The molecule has 0 fully saturated rings. The van der Waals surface area contributed by atoms with Crippen molar-refractivity contribution in [2.45, 2.75) is 39.8 Å². The van der Waals surface area contributed by atoms with Crippen LogP contribution in [0, 0.1) is 6.92 Å². The Kier molecular flexibility index (Phi) is 4.19. The lowest BCUT2D eigenvalue weighted by atomic mass is 10.2. The Labute approximate surface area is 113 Å². The largest absolute Gasteiger partial charge is 0.305 e. The molecular formula is C14H21N3S.